The number of hydrogen-bond acceptors (Lipinski definition) is 3. The van der Waals surface area contributed by atoms with Gasteiger partial charge >= 0.3 is 0 Å². The summed E-state index contributed by atoms with van der Waals surface area (Å²) in [7, 11) is 0. The lowest BCUT2D eigenvalue weighted by molar-refractivity contribution is -0.122. The first-order valence-electron chi connectivity index (χ1n) is 8.81. The number of aryl methyl sites for hydroxylation is 1. The van der Waals surface area contributed by atoms with Crippen molar-refractivity contribution in [3.05, 3.63) is 35.4 Å². The summed E-state index contributed by atoms with van der Waals surface area (Å²) >= 11 is 1.33. The Kier molecular flexibility index (Phi) is 7.16. The van der Waals surface area contributed by atoms with Crippen molar-refractivity contribution in [3.8, 4) is 0 Å². The maximum atomic E-state index is 12.3. The molecular weight excluding hydrogens is 320 g/mol. The fourth-order valence-electron chi connectivity index (χ4n) is 2.93. The summed E-state index contributed by atoms with van der Waals surface area (Å²) in [6, 6.07) is 8.56. The molecule has 0 radical (unpaired) electrons. The molecule has 0 aliphatic carbocycles. The van der Waals surface area contributed by atoms with E-state index in [1.807, 2.05) is 0 Å². The molecular formula is C19H28N2O2S. The Morgan fingerprint density at radius 3 is 2.54 bits per heavy atom. The molecule has 1 heterocycles. The van der Waals surface area contributed by atoms with Crippen molar-refractivity contribution in [3.63, 3.8) is 0 Å². The monoisotopic (exact) mass is 348 g/mol. The van der Waals surface area contributed by atoms with E-state index in [2.05, 4.69) is 50.4 Å². The van der Waals surface area contributed by atoms with Crippen LogP contribution in [0.25, 0.3) is 0 Å². The van der Waals surface area contributed by atoms with Crippen molar-refractivity contribution in [2.24, 2.45) is 5.92 Å². The summed E-state index contributed by atoms with van der Waals surface area (Å²) < 4.78 is 0. The first-order chi connectivity index (χ1) is 11.5. The molecule has 132 valence electrons. The highest BCUT2D eigenvalue weighted by Gasteiger charge is 2.23. The van der Waals surface area contributed by atoms with Gasteiger partial charge in [-0.3, -0.25) is 9.59 Å². The van der Waals surface area contributed by atoms with Crippen molar-refractivity contribution in [1.82, 2.24) is 10.2 Å². The van der Waals surface area contributed by atoms with Gasteiger partial charge < -0.3 is 10.2 Å². The standard InChI is InChI=1S/C19H28N2O2S/c1-4-5-15-6-8-16(9-7-15)18(14(2)3)20-17(22)10-11-21-12-13-24-19(21)23/h6-9,14,18H,4-5,10-13H2,1-3H3,(H,20,22). The molecule has 1 unspecified atom stereocenters. The van der Waals surface area contributed by atoms with Crippen LogP contribution in [0.15, 0.2) is 24.3 Å². The van der Waals surface area contributed by atoms with Crippen LogP contribution < -0.4 is 5.32 Å². The Morgan fingerprint density at radius 1 is 1.29 bits per heavy atom. The van der Waals surface area contributed by atoms with Gasteiger partial charge in [0.15, 0.2) is 0 Å². The van der Waals surface area contributed by atoms with Gasteiger partial charge in [0.1, 0.15) is 0 Å². The van der Waals surface area contributed by atoms with Crippen LogP contribution in [-0.2, 0) is 11.2 Å². The van der Waals surface area contributed by atoms with E-state index in [0.717, 1.165) is 30.7 Å². The van der Waals surface area contributed by atoms with Crippen molar-refractivity contribution in [2.45, 2.75) is 46.1 Å². The van der Waals surface area contributed by atoms with Crippen molar-refractivity contribution in [2.75, 3.05) is 18.8 Å². The van der Waals surface area contributed by atoms with Crippen molar-refractivity contribution >= 4 is 22.9 Å². The molecule has 1 aliphatic rings. The first-order valence-corrected chi connectivity index (χ1v) is 9.79. The molecule has 0 bridgehead atoms. The molecule has 2 rings (SSSR count). The quantitative estimate of drug-likeness (QED) is 0.772. The molecule has 1 aliphatic heterocycles. The SMILES string of the molecule is CCCc1ccc(C(NC(=O)CCN2CCSC2=O)C(C)C)cc1. The van der Waals surface area contributed by atoms with Gasteiger partial charge in [-0.05, 0) is 23.5 Å². The van der Waals surface area contributed by atoms with Crippen LogP contribution in [0.5, 0.6) is 0 Å². The number of benzene rings is 1. The minimum atomic E-state index is 0.0102. The fraction of sp³-hybridized carbons (Fsp3) is 0.579. The predicted octanol–water partition coefficient (Wildman–Crippen LogP) is 4.01. The average molecular weight is 349 g/mol. The zero-order valence-corrected chi connectivity index (χ0v) is 15.7. The second-order valence-corrected chi connectivity index (χ2v) is 7.68. The van der Waals surface area contributed by atoms with Crippen LogP contribution in [0.1, 0.15) is 50.8 Å². The van der Waals surface area contributed by atoms with Gasteiger partial charge in [-0.1, -0.05) is 63.2 Å². The zero-order chi connectivity index (χ0) is 17.5. The maximum Gasteiger partial charge on any atom is 0.281 e. The number of nitrogens with one attached hydrogen (secondary N) is 1. The number of hydrogen-bond donors (Lipinski definition) is 1. The summed E-state index contributed by atoms with van der Waals surface area (Å²) in [5, 5.41) is 3.23. The molecule has 4 nitrogen and oxygen atoms in total. The van der Waals surface area contributed by atoms with Gasteiger partial charge in [0, 0.05) is 25.3 Å². The van der Waals surface area contributed by atoms with Crippen LogP contribution in [0.4, 0.5) is 4.79 Å². The van der Waals surface area contributed by atoms with Gasteiger partial charge in [0.25, 0.3) is 5.24 Å². The minimum Gasteiger partial charge on any atom is -0.349 e. The summed E-state index contributed by atoms with van der Waals surface area (Å²) in [6.45, 7) is 7.67. The van der Waals surface area contributed by atoms with Crippen LogP contribution >= 0.6 is 11.8 Å². The minimum absolute atomic E-state index is 0.0102. The molecule has 0 aromatic heterocycles. The molecule has 1 fully saturated rings. The Bertz CT molecular complexity index is 557. The lowest BCUT2D eigenvalue weighted by Crippen LogP contribution is -2.35. The lowest BCUT2D eigenvalue weighted by atomic mass is 9.94. The topological polar surface area (TPSA) is 49.4 Å². The molecule has 1 atom stereocenters. The predicted molar refractivity (Wildman–Crippen MR) is 100 cm³/mol. The highest BCUT2D eigenvalue weighted by Crippen LogP contribution is 2.23. The van der Waals surface area contributed by atoms with Crippen LogP contribution in [0.2, 0.25) is 0 Å². The summed E-state index contributed by atoms with van der Waals surface area (Å²) in [4.78, 5) is 25.6. The number of nitrogens with zero attached hydrogens (tertiary/aromatic N) is 1. The number of amides is 2. The Balaban J connectivity index is 1.92. The molecule has 0 spiro atoms. The third-order valence-electron chi connectivity index (χ3n) is 4.31. The normalized spacial score (nSPS) is 15.8. The van der Waals surface area contributed by atoms with Gasteiger partial charge in [0.2, 0.25) is 5.91 Å². The van der Waals surface area contributed by atoms with E-state index in [4.69, 9.17) is 0 Å². The van der Waals surface area contributed by atoms with Crippen LogP contribution in [0, 0.1) is 5.92 Å². The Hall–Kier alpha value is -1.49. The number of rotatable bonds is 8. The average Bonchev–Trinajstić information content (AvgIpc) is 2.97. The second-order valence-electron chi connectivity index (χ2n) is 6.63. The summed E-state index contributed by atoms with van der Waals surface area (Å²) in [5.41, 5.74) is 2.48. The molecule has 1 saturated heterocycles. The van der Waals surface area contributed by atoms with E-state index in [1.165, 1.54) is 17.3 Å². The molecule has 24 heavy (non-hydrogen) atoms. The van der Waals surface area contributed by atoms with Gasteiger partial charge in [-0.2, -0.15) is 0 Å². The number of thioether (sulfide) groups is 1. The van der Waals surface area contributed by atoms with Crippen molar-refractivity contribution in [1.29, 1.82) is 0 Å². The Morgan fingerprint density at radius 2 is 2.00 bits per heavy atom. The molecule has 1 N–H and O–H groups in total. The first kappa shape index (κ1) is 18.8. The second kappa shape index (κ2) is 9.11. The van der Waals surface area contributed by atoms with Gasteiger partial charge in [-0.15, -0.1) is 0 Å². The van der Waals surface area contributed by atoms with Crippen molar-refractivity contribution < 1.29 is 9.59 Å². The fourth-order valence-corrected chi connectivity index (χ4v) is 3.78. The Labute approximate surface area is 149 Å². The summed E-state index contributed by atoms with van der Waals surface area (Å²) in [5.74, 6) is 1.16. The van der Waals surface area contributed by atoms with E-state index >= 15 is 0 Å². The third kappa shape index (κ3) is 5.26. The third-order valence-corrected chi connectivity index (χ3v) is 5.21. The van der Waals surface area contributed by atoms with E-state index in [-0.39, 0.29) is 17.2 Å². The lowest BCUT2D eigenvalue weighted by Gasteiger charge is -2.24. The highest BCUT2D eigenvalue weighted by atomic mass is 32.2. The molecule has 1 aromatic rings. The largest absolute Gasteiger partial charge is 0.349 e. The highest BCUT2D eigenvalue weighted by molar-refractivity contribution is 8.13. The van der Waals surface area contributed by atoms with E-state index in [9.17, 15) is 9.59 Å². The van der Waals surface area contributed by atoms with Gasteiger partial charge in [-0.25, -0.2) is 0 Å². The van der Waals surface area contributed by atoms with Crippen LogP contribution in [0.3, 0.4) is 0 Å². The number of carbonyl (C=O) groups is 2. The zero-order valence-electron chi connectivity index (χ0n) is 14.9. The molecule has 2 amide bonds. The van der Waals surface area contributed by atoms with E-state index in [0.29, 0.717) is 18.9 Å². The summed E-state index contributed by atoms with van der Waals surface area (Å²) in [6.07, 6.45) is 2.58. The maximum absolute atomic E-state index is 12.3. The number of carbonyl (C=O) groups excluding carboxylic acids is 2. The molecule has 0 saturated carbocycles. The molecule has 5 heteroatoms. The molecule has 1 aromatic carbocycles. The van der Waals surface area contributed by atoms with Gasteiger partial charge in [0.05, 0.1) is 6.04 Å². The smallest absolute Gasteiger partial charge is 0.281 e. The van der Waals surface area contributed by atoms with Crippen LogP contribution in [-0.4, -0.2) is 34.9 Å². The van der Waals surface area contributed by atoms with E-state index in [1.54, 1.807) is 4.90 Å². The van der Waals surface area contributed by atoms with E-state index < -0.39 is 0 Å².